The van der Waals surface area contributed by atoms with E-state index >= 15 is 0 Å². The molecule has 0 radical (unpaired) electrons. The molecule has 5 fully saturated rings. The topological polar surface area (TPSA) is 168 Å². The summed E-state index contributed by atoms with van der Waals surface area (Å²) in [6.07, 6.45) is 16.9. The lowest BCUT2D eigenvalue weighted by atomic mass is 9.59. The van der Waals surface area contributed by atoms with Crippen molar-refractivity contribution in [2.75, 3.05) is 26.0 Å². The van der Waals surface area contributed by atoms with E-state index in [1.54, 1.807) is 56.4 Å². The minimum absolute atomic E-state index is 0.275. The van der Waals surface area contributed by atoms with Crippen LogP contribution >= 0.6 is 0 Å². The minimum atomic E-state index is -0.750. The molecule has 0 aromatic heterocycles. The number of fused-ring (bicyclic) bond motifs is 6. The van der Waals surface area contributed by atoms with Crippen LogP contribution in [0.4, 0.5) is 5.69 Å². The lowest BCUT2D eigenvalue weighted by Gasteiger charge is -2.36. The van der Waals surface area contributed by atoms with Crippen LogP contribution in [0.1, 0.15) is 131 Å². The van der Waals surface area contributed by atoms with Crippen LogP contribution in [0.2, 0.25) is 0 Å². The van der Waals surface area contributed by atoms with Crippen molar-refractivity contribution in [3.8, 4) is 45.3 Å². The van der Waals surface area contributed by atoms with Gasteiger partial charge in [0.2, 0.25) is 23.6 Å². The van der Waals surface area contributed by atoms with Crippen molar-refractivity contribution in [2.45, 2.75) is 91.4 Å². The van der Waals surface area contributed by atoms with E-state index in [1.807, 2.05) is 74.5 Å². The fourth-order valence-corrected chi connectivity index (χ4v) is 12.6. The summed E-state index contributed by atoms with van der Waals surface area (Å²) < 4.78 is 11.7. The molecule has 14 heteroatoms. The van der Waals surface area contributed by atoms with Gasteiger partial charge in [-0.25, -0.2) is 0 Å². The van der Waals surface area contributed by atoms with Gasteiger partial charge in [-0.3, -0.25) is 58.0 Å². The number of rotatable bonds is 9. The Morgan fingerprint density at radius 1 is 0.370 bits per heavy atom. The summed E-state index contributed by atoms with van der Waals surface area (Å²) in [5, 5.41) is 0. The van der Waals surface area contributed by atoms with Crippen LogP contribution in [-0.2, 0) is 19.2 Å². The lowest BCUT2D eigenvalue weighted by molar-refractivity contribution is -0.146. The molecule has 6 aromatic carbocycles. The van der Waals surface area contributed by atoms with E-state index in [2.05, 4.69) is 31.2 Å². The number of imide groups is 4. The fraction of sp³-hybridized carbons (Fsp3) is 0.343. The van der Waals surface area contributed by atoms with Crippen LogP contribution in [-0.4, -0.2) is 83.1 Å². The van der Waals surface area contributed by atoms with Crippen molar-refractivity contribution >= 4 is 52.9 Å². The molecular formula is C67H68N4O10. The third-order valence-corrected chi connectivity index (χ3v) is 17.1. The molecule has 3 aliphatic carbocycles. The Bertz CT molecular complexity index is 3280. The Morgan fingerprint density at radius 3 is 1.09 bits per heavy atom. The van der Waals surface area contributed by atoms with Gasteiger partial charge in [0, 0.05) is 21.1 Å². The number of benzene rings is 6. The summed E-state index contributed by atoms with van der Waals surface area (Å²) in [7, 11) is 4.25. The molecule has 4 aliphatic heterocycles. The Balaban J connectivity index is 0.000000155. The number of carbonyl (C=O) groups is 8. The largest absolute Gasteiger partial charge is 0.457 e. The number of nitrogens with zero attached hydrogens (tertiary/aromatic N) is 4. The van der Waals surface area contributed by atoms with Crippen molar-refractivity contribution in [1.82, 2.24) is 14.7 Å². The van der Waals surface area contributed by atoms with Gasteiger partial charge in [0.1, 0.15) is 23.0 Å². The second-order valence-electron chi connectivity index (χ2n) is 22.0. The molecule has 4 heterocycles. The number of ether oxygens (including phenoxy) is 2. The summed E-state index contributed by atoms with van der Waals surface area (Å²) in [5.41, 5.74) is 7.02. The van der Waals surface area contributed by atoms with E-state index in [0.29, 0.717) is 34.1 Å². The third-order valence-electron chi connectivity index (χ3n) is 17.1. The highest BCUT2D eigenvalue weighted by molar-refractivity contribution is 6.28. The van der Waals surface area contributed by atoms with Crippen LogP contribution in [0.5, 0.6) is 23.0 Å². The van der Waals surface area contributed by atoms with E-state index in [1.165, 1.54) is 89.5 Å². The minimum Gasteiger partial charge on any atom is -0.457 e. The molecular weight excluding hydrogens is 1020 g/mol. The monoisotopic (exact) mass is 1090 g/mol. The number of hydrogen-bond acceptors (Lipinski definition) is 10. The molecule has 13 rings (SSSR count). The van der Waals surface area contributed by atoms with E-state index < -0.39 is 35.5 Å². The van der Waals surface area contributed by atoms with Gasteiger partial charge in [-0.15, -0.1) is 0 Å². The van der Waals surface area contributed by atoms with Crippen molar-refractivity contribution in [3.63, 3.8) is 0 Å². The van der Waals surface area contributed by atoms with E-state index in [0.717, 1.165) is 59.4 Å². The number of amides is 8. The molecule has 4 atom stereocenters. The first-order chi connectivity index (χ1) is 39.1. The van der Waals surface area contributed by atoms with Gasteiger partial charge in [-0.2, -0.15) is 0 Å². The number of carbonyl (C=O) groups excluding carboxylic acids is 8. The van der Waals surface area contributed by atoms with Crippen molar-refractivity contribution in [3.05, 3.63) is 161 Å². The number of anilines is 1. The Kier molecular flexibility index (Phi) is 16.3. The summed E-state index contributed by atoms with van der Waals surface area (Å²) in [6.45, 7) is 6.07. The predicted octanol–water partition coefficient (Wildman–Crippen LogP) is 13.0. The summed E-state index contributed by atoms with van der Waals surface area (Å²) in [5.74, 6) is -1.54. The van der Waals surface area contributed by atoms with Crippen LogP contribution in [0.3, 0.4) is 0 Å². The Hall–Kier alpha value is -8.52. The molecule has 0 N–H and O–H groups in total. The highest BCUT2D eigenvalue weighted by Crippen LogP contribution is 2.57. The van der Waals surface area contributed by atoms with Gasteiger partial charge in [-0.1, -0.05) is 144 Å². The molecule has 4 unspecified atom stereocenters. The number of hydrogen-bond donors (Lipinski definition) is 0. The van der Waals surface area contributed by atoms with Crippen molar-refractivity contribution in [2.24, 2.45) is 35.5 Å². The Labute approximate surface area is 473 Å². The SMILES string of the molecule is C1CCC(CC2CCCCC2)CC1.CC.CN1C(=O)c2ccc(Oc3ccc4c(c3)C(=O)N(C)C4=O)cc2C1=O.Cc1ccc(-c2ccc(Oc3ccc(-c4ccc(N5C(=O)C6C7C(=O)N(C)C(=O)C7C6C5=O)cc4)cc3)cc2)cc1. The molecule has 7 aliphatic rings. The highest BCUT2D eigenvalue weighted by atomic mass is 16.5. The van der Waals surface area contributed by atoms with E-state index in [-0.39, 0.29) is 46.6 Å². The molecule has 6 aromatic rings. The quantitative estimate of drug-likeness (QED) is 0.127. The highest BCUT2D eigenvalue weighted by Gasteiger charge is 2.73. The van der Waals surface area contributed by atoms with Gasteiger partial charge in [0.25, 0.3) is 23.6 Å². The summed E-state index contributed by atoms with van der Waals surface area (Å²) in [4.78, 5) is 103. The van der Waals surface area contributed by atoms with Gasteiger partial charge < -0.3 is 9.47 Å². The fourth-order valence-electron chi connectivity index (χ4n) is 12.6. The van der Waals surface area contributed by atoms with Gasteiger partial charge in [-0.05, 0) is 120 Å². The predicted molar refractivity (Wildman–Crippen MR) is 308 cm³/mol. The third kappa shape index (κ3) is 11.0. The number of likely N-dealkylation sites (tertiary alicyclic amines) is 1. The molecule has 81 heavy (non-hydrogen) atoms. The summed E-state index contributed by atoms with van der Waals surface area (Å²) >= 11 is 0. The van der Waals surface area contributed by atoms with Crippen molar-refractivity contribution in [1.29, 1.82) is 0 Å². The van der Waals surface area contributed by atoms with Crippen LogP contribution in [0, 0.1) is 42.4 Å². The molecule has 8 amide bonds. The zero-order valence-corrected chi connectivity index (χ0v) is 46.8. The normalized spacial score (nSPS) is 21.0. The zero-order chi connectivity index (χ0) is 57.2. The zero-order valence-electron chi connectivity index (χ0n) is 46.8. The van der Waals surface area contributed by atoms with Crippen LogP contribution in [0.25, 0.3) is 22.3 Å². The lowest BCUT2D eigenvalue weighted by Crippen LogP contribution is -2.50. The maximum absolute atomic E-state index is 13.1. The average Bonchev–Trinajstić information content (AvgIpc) is 2.66. The van der Waals surface area contributed by atoms with Gasteiger partial charge >= 0.3 is 0 Å². The van der Waals surface area contributed by atoms with Crippen LogP contribution < -0.4 is 14.4 Å². The number of aryl methyl sites for hydroxylation is 1. The molecule has 2 saturated heterocycles. The van der Waals surface area contributed by atoms with E-state index in [9.17, 15) is 38.4 Å². The first-order valence-electron chi connectivity index (χ1n) is 28.5. The van der Waals surface area contributed by atoms with Crippen molar-refractivity contribution < 1.29 is 47.8 Å². The first-order valence-corrected chi connectivity index (χ1v) is 28.5. The summed E-state index contributed by atoms with van der Waals surface area (Å²) in [6, 6.07) is 40.4. The van der Waals surface area contributed by atoms with Crippen LogP contribution in [0.15, 0.2) is 133 Å². The smallest absolute Gasteiger partial charge is 0.261 e. The second kappa shape index (κ2) is 23.7. The second-order valence-corrected chi connectivity index (χ2v) is 22.0. The van der Waals surface area contributed by atoms with E-state index in [4.69, 9.17) is 9.47 Å². The maximum Gasteiger partial charge on any atom is 0.261 e. The molecule has 14 nitrogen and oxygen atoms in total. The molecule has 3 saturated carbocycles. The standard InChI is InChI=1S/C34H26N2O5.C18H12N2O5.C13H24.C2H6/c1-19-3-5-20(6-4-19)22-9-15-25(16-10-22)41-26-17-11-23(12-18-26)21-7-13-24(14-8-21)36-33(39)29-27-28(30(29)34(36)40)32(38)35(2)31(27)37;1-19-15(21)11-5-3-9(7-13(11)17(19)23)25-10-4-6-12-14(8-10)18(24)20(2)16(12)22;1-3-7-12(8-4-1)11-13-9-5-2-6-10-13;1-2/h3-18,27-30H,1-2H3;3-8H,1-2H3;12-13H,1-11H2;1-2H3. The maximum atomic E-state index is 13.1. The molecule has 0 spiro atoms. The molecule has 0 bridgehead atoms. The first kappa shape index (κ1) is 55.8. The molecule has 416 valence electrons. The Morgan fingerprint density at radius 2 is 0.691 bits per heavy atom. The van der Waals surface area contributed by atoms with Gasteiger partial charge in [0.15, 0.2) is 0 Å². The average molecular weight is 1090 g/mol. The van der Waals surface area contributed by atoms with Gasteiger partial charge in [0.05, 0.1) is 51.6 Å².